The van der Waals surface area contributed by atoms with E-state index in [1.54, 1.807) is 24.3 Å². The number of carbonyl (C=O) groups excluding carboxylic acids is 1. The average molecular weight is 300 g/mol. The van der Waals surface area contributed by atoms with Crippen LogP contribution in [0, 0.1) is 11.8 Å². The lowest BCUT2D eigenvalue weighted by Crippen LogP contribution is -2.34. The Kier molecular flexibility index (Phi) is 5.53. The standard InChI is InChI=1S/C15H19Cl2NO/c16-9-12-4-1-2-5-13(12)10-18-15(19)11-6-3-7-14(17)8-11/h3,6-8,12-13H,1-2,4-5,9-10H2,(H,18,19). The quantitative estimate of drug-likeness (QED) is 0.833. The Morgan fingerprint density at radius 3 is 2.68 bits per heavy atom. The second-order valence-electron chi connectivity index (χ2n) is 5.18. The number of alkyl halides is 1. The van der Waals surface area contributed by atoms with Gasteiger partial charge in [-0.2, -0.15) is 0 Å². The summed E-state index contributed by atoms with van der Waals surface area (Å²) in [6.07, 6.45) is 4.84. The zero-order chi connectivity index (χ0) is 13.7. The van der Waals surface area contributed by atoms with Gasteiger partial charge in [0.2, 0.25) is 0 Å². The number of rotatable bonds is 4. The summed E-state index contributed by atoms with van der Waals surface area (Å²) in [5, 5.41) is 3.59. The van der Waals surface area contributed by atoms with E-state index in [4.69, 9.17) is 23.2 Å². The SMILES string of the molecule is O=C(NCC1CCCCC1CCl)c1cccc(Cl)c1. The Morgan fingerprint density at radius 1 is 1.26 bits per heavy atom. The lowest BCUT2D eigenvalue weighted by atomic mass is 9.80. The molecule has 2 rings (SSSR count). The van der Waals surface area contributed by atoms with E-state index < -0.39 is 0 Å². The first-order valence-electron chi connectivity index (χ1n) is 6.80. The van der Waals surface area contributed by atoms with Gasteiger partial charge in [-0.3, -0.25) is 4.79 Å². The Labute approximate surface area is 124 Å². The van der Waals surface area contributed by atoms with Crippen LogP contribution >= 0.6 is 23.2 Å². The number of hydrogen-bond acceptors (Lipinski definition) is 1. The summed E-state index contributed by atoms with van der Waals surface area (Å²) in [5.74, 6) is 1.68. The van der Waals surface area contributed by atoms with Gasteiger partial charge in [0.25, 0.3) is 5.91 Å². The van der Waals surface area contributed by atoms with Crippen molar-refractivity contribution in [1.82, 2.24) is 5.32 Å². The molecule has 2 atom stereocenters. The monoisotopic (exact) mass is 299 g/mol. The number of nitrogens with one attached hydrogen (secondary N) is 1. The van der Waals surface area contributed by atoms with Crippen molar-refractivity contribution in [2.24, 2.45) is 11.8 Å². The van der Waals surface area contributed by atoms with Crippen LogP contribution in [0.3, 0.4) is 0 Å². The van der Waals surface area contributed by atoms with E-state index in [9.17, 15) is 4.79 Å². The molecule has 1 fully saturated rings. The van der Waals surface area contributed by atoms with Crippen molar-refractivity contribution in [2.75, 3.05) is 12.4 Å². The molecular weight excluding hydrogens is 281 g/mol. The first kappa shape index (κ1) is 14.7. The van der Waals surface area contributed by atoms with Gasteiger partial charge in [-0.15, -0.1) is 11.6 Å². The largest absolute Gasteiger partial charge is 0.352 e. The topological polar surface area (TPSA) is 29.1 Å². The van der Waals surface area contributed by atoms with Crippen LogP contribution in [0.2, 0.25) is 5.02 Å². The molecule has 19 heavy (non-hydrogen) atoms. The highest BCUT2D eigenvalue weighted by atomic mass is 35.5. The van der Waals surface area contributed by atoms with Crippen LogP contribution in [0.15, 0.2) is 24.3 Å². The molecule has 1 N–H and O–H groups in total. The van der Waals surface area contributed by atoms with Crippen molar-refractivity contribution in [3.05, 3.63) is 34.9 Å². The summed E-state index contributed by atoms with van der Waals surface area (Å²) in [6.45, 7) is 0.711. The Balaban J connectivity index is 1.89. The van der Waals surface area contributed by atoms with Crippen molar-refractivity contribution in [3.8, 4) is 0 Å². The molecule has 1 aliphatic carbocycles. The zero-order valence-corrected chi connectivity index (χ0v) is 12.4. The van der Waals surface area contributed by atoms with E-state index in [0.717, 1.165) is 6.42 Å². The van der Waals surface area contributed by atoms with Gasteiger partial charge in [-0.25, -0.2) is 0 Å². The van der Waals surface area contributed by atoms with Crippen LogP contribution in [0.5, 0.6) is 0 Å². The first-order valence-corrected chi connectivity index (χ1v) is 7.71. The maximum atomic E-state index is 12.0. The fraction of sp³-hybridized carbons (Fsp3) is 0.533. The number of carbonyl (C=O) groups is 1. The van der Waals surface area contributed by atoms with Gasteiger partial charge in [-0.1, -0.05) is 30.5 Å². The van der Waals surface area contributed by atoms with Crippen molar-refractivity contribution in [1.29, 1.82) is 0 Å². The van der Waals surface area contributed by atoms with Crippen LogP contribution in [-0.4, -0.2) is 18.3 Å². The molecule has 0 heterocycles. The zero-order valence-electron chi connectivity index (χ0n) is 10.9. The van der Waals surface area contributed by atoms with Gasteiger partial charge in [0, 0.05) is 23.0 Å². The average Bonchev–Trinajstić information content (AvgIpc) is 2.45. The van der Waals surface area contributed by atoms with Gasteiger partial charge >= 0.3 is 0 Å². The molecule has 4 heteroatoms. The molecule has 2 nitrogen and oxygen atoms in total. The van der Waals surface area contributed by atoms with Gasteiger partial charge < -0.3 is 5.32 Å². The number of hydrogen-bond donors (Lipinski definition) is 1. The van der Waals surface area contributed by atoms with Crippen molar-refractivity contribution >= 4 is 29.1 Å². The van der Waals surface area contributed by atoms with E-state index in [1.165, 1.54) is 19.3 Å². The highest BCUT2D eigenvalue weighted by Crippen LogP contribution is 2.30. The predicted octanol–water partition coefficient (Wildman–Crippen LogP) is 4.12. The van der Waals surface area contributed by atoms with Gasteiger partial charge in [0.15, 0.2) is 0 Å². The maximum absolute atomic E-state index is 12.0. The third-order valence-corrected chi connectivity index (χ3v) is 4.51. The fourth-order valence-corrected chi connectivity index (χ4v) is 3.31. The normalized spacial score (nSPS) is 23.1. The lowest BCUT2D eigenvalue weighted by molar-refractivity contribution is 0.0936. The van der Waals surface area contributed by atoms with Gasteiger partial charge in [0.1, 0.15) is 0 Å². The first-order chi connectivity index (χ1) is 9.20. The molecule has 104 valence electrons. The van der Waals surface area contributed by atoms with Crippen LogP contribution in [-0.2, 0) is 0 Å². The molecule has 0 saturated heterocycles. The molecule has 0 bridgehead atoms. The van der Waals surface area contributed by atoms with Crippen molar-refractivity contribution < 1.29 is 4.79 Å². The van der Waals surface area contributed by atoms with Crippen molar-refractivity contribution in [2.45, 2.75) is 25.7 Å². The highest BCUT2D eigenvalue weighted by Gasteiger charge is 2.24. The molecule has 1 aromatic carbocycles. The minimum atomic E-state index is -0.0543. The highest BCUT2D eigenvalue weighted by molar-refractivity contribution is 6.30. The van der Waals surface area contributed by atoms with E-state index in [2.05, 4.69) is 5.32 Å². The number of halogens is 2. The summed E-state index contributed by atoms with van der Waals surface area (Å²) in [7, 11) is 0. The van der Waals surface area contributed by atoms with Crippen LogP contribution < -0.4 is 5.32 Å². The van der Waals surface area contributed by atoms with E-state index in [0.29, 0.717) is 34.8 Å². The number of amides is 1. The molecular formula is C15H19Cl2NO. The number of benzene rings is 1. The van der Waals surface area contributed by atoms with Crippen molar-refractivity contribution in [3.63, 3.8) is 0 Å². The lowest BCUT2D eigenvalue weighted by Gasteiger charge is -2.30. The predicted molar refractivity (Wildman–Crippen MR) is 80.0 cm³/mol. The second-order valence-corrected chi connectivity index (χ2v) is 5.92. The summed E-state index contributed by atoms with van der Waals surface area (Å²) in [5.41, 5.74) is 0.616. The van der Waals surface area contributed by atoms with Crippen LogP contribution in [0.25, 0.3) is 0 Å². The third kappa shape index (κ3) is 4.12. The Bertz CT molecular complexity index is 436. The molecule has 2 unspecified atom stereocenters. The molecule has 1 saturated carbocycles. The van der Waals surface area contributed by atoms with Gasteiger partial charge in [0.05, 0.1) is 0 Å². The molecule has 1 amide bonds. The minimum absolute atomic E-state index is 0.0543. The Hall–Kier alpha value is -0.730. The molecule has 0 spiro atoms. The van der Waals surface area contributed by atoms with E-state index in [-0.39, 0.29) is 5.91 Å². The fourth-order valence-electron chi connectivity index (χ4n) is 2.71. The summed E-state index contributed by atoms with van der Waals surface area (Å²) >= 11 is 11.9. The molecule has 0 radical (unpaired) electrons. The molecule has 1 aromatic rings. The summed E-state index contributed by atoms with van der Waals surface area (Å²) in [4.78, 5) is 12.0. The molecule has 1 aliphatic rings. The molecule has 0 aromatic heterocycles. The van der Waals surface area contributed by atoms with Gasteiger partial charge in [-0.05, 0) is 42.9 Å². The second kappa shape index (κ2) is 7.16. The van der Waals surface area contributed by atoms with E-state index in [1.807, 2.05) is 0 Å². The molecule has 0 aliphatic heterocycles. The summed E-state index contributed by atoms with van der Waals surface area (Å²) < 4.78 is 0. The Morgan fingerprint density at radius 2 is 2.00 bits per heavy atom. The summed E-state index contributed by atoms with van der Waals surface area (Å²) in [6, 6.07) is 7.03. The smallest absolute Gasteiger partial charge is 0.251 e. The van der Waals surface area contributed by atoms with E-state index >= 15 is 0 Å². The third-order valence-electron chi connectivity index (χ3n) is 3.88. The van der Waals surface area contributed by atoms with Crippen LogP contribution in [0.4, 0.5) is 0 Å². The minimum Gasteiger partial charge on any atom is -0.352 e. The maximum Gasteiger partial charge on any atom is 0.251 e. The van der Waals surface area contributed by atoms with Crippen LogP contribution in [0.1, 0.15) is 36.0 Å².